The van der Waals surface area contributed by atoms with Gasteiger partial charge in [-0.2, -0.15) is 36.2 Å². The minimum atomic E-state index is -1.53. The van der Waals surface area contributed by atoms with Crippen molar-refractivity contribution in [3.05, 3.63) is 0 Å². The van der Waals surface area contributed by atoms with Crippen LogP contribution in [0.25, 0.3) is 0 Å². The molecule has 0 fully saturated rings. The highest BCUT2D eigenvalue weighted by molar-refractivity contribution is 8.68. The Morgan fingerprint density at radius 3 is 1.17 bits per heavy atom. The van der Waals surface area contributed by atoms with Gasteiger partial charge in [0, 0.05) is 0 Å². The molecule has 6 heavy (non-hydrogen) atoms. The van der Waals surface area contributed by atoms with E-state index < -0.39 is 5.52 Å². The SMILES string of the molecule is C.C[Si](S)(S)S. The first kappa shape index (κ1) is 10.3. The van der Waals surface area contributed by atoms with Gasteiger partial charge in [0.15, 0.2) is 0 Å². The molecule has 0 aromatic carbocycles. The van der Waals surface area contributed by atoms with E-state index in [1.165, 1.54) is 0 Å². The molecule has 0 nitrogen and oxygen atoms in total. The highest BCUT2D eigenvalue weighted by Crippen LogP contribution is 2.15. The Hall–Kier alpha value is 1.27. The van der Waals surface area contributed by atoms with E-state index in [9.17, 15) is 0 Å². The molecule has 0 saturated heterocycles. The van der Waals surface area contributed by atoms with E-state index in [0.717, 1.165) is 0 Å². The van der Waals surface area contributed by atoms with Crippen LogP contribution in [-0.4, -0.2) is 5.52 Å². The lowest BCUT2D eigenvalue weighted by Crippen LogP contribution is -1.98. The molecule has 0 aliphatic carbocycles. The van der Waals surface area contributed by atoms with Crippen molar-refractivity contribution < 1.29 is 0 Å². The molecule has 4 heteroatoms. The van der Waals surface area contributed by atoms with Gasteiger partial charge < -0.3 is 0 Å². The Morgan fingerprint density at radius 2 is 1.17 bits per heavy atom. The summed E-state index contributed by atoms with van der Waals surface area (Å²) < 4.78 is 0. The van der Waals surface area contributed by atoms with Gasteiger partial charge in [-0.15, -0.1) is 0 Å². The van der Waals surface area contributed by atoms with Crippen molar-refractivity contribution in [1.29, 1.82) is 0 Å². The standard InChI is InChI=1S/CH6S3Si.CH4/c1-5(2,3)4;/h2-4H,1H3;1H4. The topological polar surface area (TPSA) is 0 Å². The summed E-state index contributed by atoms with van der Waals surface area (Å²) in [6.07, 6.45) is 0. The maximum atomic E-state index is 3.99. The number of thiol groups is 3. The fourth-order valence-corrected chi connectivity index (χ4v) is 0. The van der Waals surface area contributed by atoms with Gasteiger partial charge in [0.05, 0.1) is 0 Å². The second kappa shape index (κ2) is 3.29. The van der Waals surface area contributed by atoms with Crippen LogP contribution >= 0.6 is 36.2 Å². The number of hydrogen-bond donors (Lipinski definition) is 3. The largest absolute Gasteiger partial charge is 0.225 e. The maximum absolute atomic E-state index is 3.99. The monoisotopic (exact) mass is 158 g/mol. The molecule has 0 spiro atoms. The second-order valence-electron chi connectivity index (χ2n) is 0.971. The Morgan fingerprint density at radius 1 is 1.17 bits per heavy atom. The molecule has 0 heterocycles. The number of rotatable bonds is 0. The van der Waals surface area contributed by atoms with Crippen molar-refractivity contribution in [3.63, 3.8) is 0 Å². The van der Waals surface area contributed by atoms with Gasteiger partial charge >= 0.3 is 0 Å². The zero-order chi connectivity index (χ0) is 4.50. The smallest absolute Gasteiger partial charge is 0.180 e. The van der Waals surface area contributed by atoms with Crippen molar-refractivity contribution in [1.82, 2.24) is 0 Å². The summed E-state index contributed by atoms with van der Waals surface area (Å²) in [6, 6.07) is 0. The Kier molecular flexibility index (Phi) is 5.64. The first-order chi connectivity index (χ1) is 2.00. The lowest BCUT2D eigenvalue weighted by atomic mass is 11.9. The second-order valence-corrected chi connectivity index (χ2v) is 14.1. The van der Waals surface area contributed by atoms with Crippen LogP contribution in [0.3, 0.4) is 0 Å². The molecule has 0 aliphatic heterocycles. The zero-order valence-corrected chi connectivity index (χ0v) is 6.52. The molecule has 0 rings (SSSR count). The highest BCUT2D eigenvalue weighted by Gasteiger charge is 2.05. The van der Waals surface area contributed by atoms with Gasteiger partial charge in [0.2, 0.25) is 5.52 Å². The first-order valence-corrected chi connectivity index (χ1v) is 7.54. The molecule has 40 valence electrons. The maximum Gasteiger partial charge on any atom is 0.225 e. The van der Waals surface area contributed by atoms with Crippen molar-refractivity contribution >= 4 is 41.8 Å². The lowest BCUT2D eigenvalue weighted by Gasteiger charge is -1.97. The van der Waals surface area contributed by atoms with Crippen molar-refractivity contribution in [2.75, 3.05) is 0 Å². The average molecular weight is 158 g/mol. The zero-order valence-electron chi connectivity index (χ0n) is 2.84. The first-order valence-electron chi connectivity index (χ1n) is 1.17. The van der Waals surface area contributed by atoms with Gasteiger partial charge in [0.1, 0.15) is 0 Å². The molecule has 0 aromatic heterocycles. The molecular formula is C2H10S3Si. The summed E-state index contributed by atoms with van der Waals surface area (Å²) >= 11 is 12.0. The van der Waals surface area contributed by atoms with Gasteiger partial charge in [0.25, 0.3) is 0 Å². The van der Waals surface area contributed by atoms with Crippen LogP contribution in [-0.2, 0) is 0 Å². The van der Waals surface area contributed by atoms with E-state index in [2.05, 4.69) is 36.2 Å². The molecule has 0 unspecified atom stereocenters. The Balaban J connectivity index is 0. The normalized spacial score (nSPS) is 10.0. The van der Waals surface area contributed by atoms with Crippen molar-refractivity contribution in [2.24, 2.45) is 0 Å². The molecule has 0 amide bonds. The molecule has 0 atom stereocenters. The molecule has 0 aromatic rings. The van der Waals surface area contributed by atoms with Crippen molar-refractivity contribution in [2.45, 2.75) is 14.0 Å². The Bertz CT molecular complexity index is 24.3. The van der Waals surface area contributed by atoms with Gasteiger partial charge in [-0.1, -0.05) is 7.43 Å². The van der Waals surface area contributed by atoms with Crippen LogP contribution in [0.2, 0.25) is 6.55 Å². The van der Waals surface area contributed by atoms with E-state index in [1.807, 2.05) is 6.55 Å². The quantitative estimate of drug-likeness (QED) is 0.348. The molecular weight excluding hydrogens is 148 g/mol. The minimum absolute atomic E-state index is 0. The summed E-state index contributed by atoms with van der Waals surface area (Å²) in [5, 5.41) is 0. The van der Waals surface area contributed by atoms with Crippen LogP contribution in [0.1, 0.15) is 7.43 Å². The molecule has 0 aliphatic rings. The third-order valence-corrected chi connectivity index (χ3v) is 0. The lowest BCUT2D eigenvalue weighted by molar-refractivity contribution is 2.34. The predicted molar refractivity (Wildman–Crippen MR) is 45.3 cm³/mol. The molecule has 0 N–H and O–H groups in total. The Labute approximate surface area is 55.9 Å². The highest BCUT2D eigenvalue weighted by atomic mass is 32.7. The summed E-state index contributed by atoms with van der Waals surface area (Å²) in [5.41, 5.74) is -1.53. The van der Waals surface area contributed by atoms with Gasteiger partial charge in [-0.25, -0.2) is 0 Å². The van der Waals surface area contributed by atoms with Crippen molar-refractivity contribution in [3.8, 4) is 0 Å². The van der Waals surface area contributed by atoms with E-state index in [1.54, 1.807) is 0 Å². The van der Waals surface area contributed by atoms with E-state index >= 15 is 0 Å². The molecule has 0 bridgehead atoms. The average Bonchev–Trinajstić information content (AvgIpc) is 0.722. The third-order valence-electron chi connectivity index (χ3n) is 0. The van der Waals surface area contributed by atoms with Crippen LogP contribution in [0.5, 0.6) is 0 Å². The molecule has 0 radical (unpaired) electrons. The van der Waals surface area contributed by atoms with Crippen LogP contribution in [0.15, 0.2) is 0 Å². The number of hydrogen-bond acceptors (Lipinski definition) is 3. The third kappa shape index (κ3) is 59.7. The van der Waals surface area contributed by atoms with E-state index in [-0.39, 0.29) is 7.43 Å². The molecule has 0 saturated carbocycles. The predicted octanol–water partition coefficient (Wildman–Crippen LogP) is 1.98. The van der Waals surface area contributed by atoms with Crippen LogP contribution in [0.4, 0.5) is 0 Å². The van der Waals surface area contributed by atoms with Gasteiger partial charge in [-0.3, -0.25) is 0 Å². The van der Waals surface area contributed by atoms with Gasteiger partial charge in [-0.05, 0) is 6.55 Å². The summed E-state index contributed by atoms with van der Waals surface area (Å²) in [4.78, 5) is 0. The fraction of sp³-hybridized carbons (Fsp3) is 1.00. The van der Waals surface area contributed by atoms with E-state index in [4.69, 9.17) is 0 Å². The van der Waals surface area contributed by atoms with Crippen LogP contribution in [0, 0.1) is 0 Å². The van der Waals surface area contributed by atoms with E-state index in [0.29, 0.717) is 0 Å². The summed E-state index contributed by atoms with van der Waals surface area (Å²) in [6.45, 7) is 1.92. The minimum Gasteiger partial charge on any atom is -0.180 e. The fourth-order valence-electron chi connectivity index (χ4n) is 0. The summed E-state index contributed by atoms with van der Waals surface area (Å²) in [5.74, 6) is 0. The summed E-state index contributed by atoms with van der Waals surface area (Å²) in [7, 11) is 0. The van der Waals surface area contributed by atoms with Crippen LogP contribution < -0.4 is 0 Å².